The van der Waals surface area contributed by atoms with Gasteiger partial charge in [0.05, 0.1) is 17.1 Å². The van der Waals surface area contributed by atoms with Crippen LogP contribution < -0.4 is 10.2 Å². The van der Waals surface area contributed by atoms with Crippen molar-refractivity contribution in [2.45, 2.75) is 0 Å². The van der Waals surface area contributed by atoms with Crippen LogP contribution in [0, 0.1) is 0 Å². The maximum atomic E-state index is 4.43. The summed E-state index contributed by atoms with van der Waals surface area (Å²) in [5.74, 6) is 0. The molecule has 0 atom stereocenters. The van der Waals surface area contributed by atoms with E-state index < -0.39 is 0 Å². The van der Waals surface area contributed by atoms with Gasteiger partial charge in [0.15, 0.2) is 0 Å². The molecule has 1 heterocycles. The molecule has 2 heteroatoms. The van der Waals surface area contributed by atoms with Gasteiger partial charge < -0.3 is 10.2 Å². The van der Waals surface area contributed by atoms with Crippen molar-refractivity contribution in [1.82, 2.24) is 0 Å². The summed E-state index contributed by atoms with van der Waals surface area (Å²) in [7, 11) is 0. The molecule has 5 aromatic carbocycles. The molecule has 0 amide bonds. The summed E-state index contributed by atoms with van der Waals surface area (Å²) in [6.45, 7) is 5.22. The van der Waals surface area contributed by atoms with Crippen LogP contribution in [0.3, 0.4) is 0 Å². The van der Waals surface area contributed by atoms with E-state index in [2.05, 4.69) is 120 Å². The zero-order valence-electron chi connectivity index (χ0n) is 18.2. The number of nitrogens with one attached hydrogen (secondary N) is 1. The minimum atomic E-state index is 0.788. The average Bonchev–Trinajstić information content (AvgIpc) is 3.19. The number of para-hydroxylation sites is 2. The first-order valence-electron chi connectivity index (χ1n) is 11.4. The topological polar surface area (TPSA) is 15.3 Å². The molecule has 0 fully saturated rings. The van der Waals surface area contributed by atoms with Crippen molar-refractivity contribution in [1.29, 1.82) is 0 Å². The fourth-order valence-electron chi connectivity index (χ4n) is 5.50. The summed E-state index contributed by atoms with van der Waals surface area (Å²) in [6, 6.07) is 32.9. The lowest BCUT2D eigenvalue weighted by Crippen LogP contribution is -2.18. The van der Waals surface area contributed by atoms with Crippen LogP contribution in [0.1, 0.15) is 0 Å². The Morgan fingerprint density at radius 1 is 0.667 bits per heavy atom. The molecule has 0 saturated heterocycles. The van der Waals surface area contributed by atoms with E-state index in [1.807, 2.05) is 0 Å². The molecular weight excluding hydrogens is 400 g/mol. The lowest BCUT2D eigenvalue weighted by molar-refractivity contribution is 1.19. The van der Waals surface area contributed by atoms with E-state index in [4.69, 9.17) is 0 Å². The predicted octanol–water partition coefficient (Wildman–Crippen LogP) is 8.27. The smallest absolute Gasteiger partial charge is 0.0693 e. The zero-order valence-corrected chi connectivity index (χ0v) is 18.2. The minimum absolute atomic E-state index is 0.788. The van der Waals surface area contributed by atoms with E-state index in [0.29, 0.717) is 0 Å². The molecule has 0 bridgehead atoms. The van der Waals surface area contributed by atoms with Gasteiger partial charge in [-0.05, 0) is 62.7 Å². The predicted molar refractivity (Wildman–Crippen MR) is 141 cm³/mol. The Morgan fingerprint density at radius 3 is 2.45 bits per heavy atom. The van der Waals surface area contributed by atoms with Crippen LogP contribution >= 0.6 is 0 Å². The van der Waals surface area contributed by atoms with Crippen LogP contribution in [-0.4, -0.2) is 6.54 Å². The van der Waals surface area contributed by atoms with Crippen LogP contribution in [-0.2, 0) is 0 Å². The Bertz CT molecular complexity index is 1640. The van der Waals surface area contributed by atoms with Crippen molar-refractivity contribution in [3.05, 3.63) is 115 Å². The van der Waals surface area contributed by atoms with E-state index in [9.17, 15) is 0 Å². The van der Waals surface area contributed by atoms with Crippen molar-refractivity contribution in [2.75, 3.05) is 16.8 Å². The first kappa shape index (κ1) is 18.3. The van der Waals surface area contributed by atoms with Crippen LogP contribution in [0.5, 0.6) is 0 Å². The quantitative estimate of drug-likeness (QED) is 0.287. The molecule has 1 N–H and O–H groups in total. The van der Waals surface area contributed by atoms with Gasteiger partial charge in [0.2, 0.25) is 0 Å². The second kappa shape index (κ2) is 6.85. The second-order valence-electron chi connectivity index (χ2n) is 8.70. The Balaban J connectivity index is 1.54. The van der Waals surface area contributed by atoms with Crippen molar-refractivity contribution in [2.24, 2.45) is 0 Å². The Hall–Kier alpha value is -4.30. The van der Waals surface area contributed by atoms with Gasteiger partial charge in [-0.15, -0.1) is 0 Å². The zero-order chi connectivity index (χ0) is 21.9. The highest BCUT2D eigenvalue weighted by molar-refractivity contribution is 6.23. The molecule has 2 aliphatic rings. The number of anilines is 3. The molecule has 2 nitrogen and oxygen atoms in total. The molecule has 5 aromatic rings. The third-order valence-corrected chi connectivity index (χ3v) is 6.90. The number of rotatable bonds is 1. The highest BCUT2D eigenvalue weighted by atomic mass is 15.2. The molecule has 1 aliphatic carbocycles. The fraction of sp³-hybridized carbons (Fsp3) is 0.0323. The maximum absolute atomic E-state index is 4.43. The minimum Gasteiger partial charge on any atom is -0.380 e. The van der Waals surface area contributed by atoms with Gasteiger partial charge in [0, 0.05) is 17.6 Å². The third kappa shape index (κ3) is 2.55. The SMILES string of the molecule is C=C1/C=C\CNc2ccccc2N1c1ccc2c3c(cccc13)-c1ccc3ccccc3c1-2. The largest absolute Gasteiger partial charge is 0.380 e. The molecule has 0 aromatic heterocycles. The van der Waals surface area contributed by atoms with Crippen LogP contribution in [0.4, 0.5) is 17.1 Å². The van der Waals surface area contributed by atoms with E-state index in [1.54, 1.807) is 0 Å². The summed E-state index contributed by atoms with van der Waals surface area (Å²) in [4.78, 5) is 2.28. The van der Waals surface area contributed by atoms with Gasteiger partial charge in [-0.1, -0.05) is 85.5 Å². The van der Waals surface area contributed by atoms with Crippen LogP contribution in [0.25, 0.3) is 43.8 Å². The highest BCUT2D eigenvalue weighted by Crippen LogP contribution is 2.52. The van der Waals surface area contributed by atoms with Gasteiger partial charge in [0.25, 0.3) is 0 Å². The van der Waals surface area contributed by atoms with E-state index in [1.165, 1.54) is 43.8 Å². The maximum Gasteiger partial charge on any atom is 0.0693 e. The molecular formula is C31H22N2. The van der Waals surface area contributed by atoms with Crippen molar-refractivity contribution >= 4 is 38.6 Å². The number of nitrogens with zero attached hydrogens (tertiary/aromatic N) is 1. The molecule has 156 valence electrons. The number of hydrogen-bond donors (Lipinski definition) is 1. The number of hydrogen-bond acceptors (Lipinski definition) is 2. The molecule has 0 radical (unpaired) electrons. The van der Waals surface area contributed by atoms with Crippen molar-refractivity contribution in [3.8, 4) is 22.3 Å². The Labute approximate surface area is 193 Å². The highest BCUT2D eigenvalue weighted by Gasteiger charge is 2.26. The second-order valence-corrected chi connectivity index (χ2v) is 8.70. The Morgan fingerprint density at radius 2 is 1.48 bits per heavy atom. The van der Waals surface area contributed by atoms with Crippen LogP contribution in [0.15, 0.2) is 115 Å². The summed E-state index contributed by atoms with van der Waals surface area (Å²) >= 11 is 0. The van der Waals surface area contributed by atoms with E-state index in [-0.39, 0.29) is 0 Å². The van der Waals surface area contributed by atoms with Crippen LogP contribution in [0.2, 0.25) is 0 Å². The van der Waals surface area contributed by atoms with Gasteiger partial charge in [-0.3, -0.25) is 0 Å². The molecule has 0 spiro atoms. The number of allylic oxidation sites excluding steroid dienone is 1. The van der Waals surface area contributed by atoms with E-state index >= 15 is 0 Å². The molecule has 1 aliphatic heterocycles. The number of benzene rings is 5. The van der Waals surface area contributed by atoms with E-state index in [0.717, 1.165) is 29.3 Å². The van der Waals surface area contributed by atoms with Crippen molar-refractivity contribution < 1.29 is 0 Å². The fourth-order valence-corrected chi connectivity index (χ4v) is 5.50. The lowest BCUT2D eigenvalue weighted by Gasteiger charge is -2.30. The molecule has 7 rings (SSSR count). The number of fused-ring (bicyclic) bond motifs is 6. The molecule has 0 saturated carbocycles. The summed E-state index contributed by atoms with van der Waals surface area (Å²) in [5.41, 5.74) is 9.64. The first-order valence-corrected chi connectivity index (χ1v) is 11.4. The van der Waals surface area contributed by atoms with Gasteiger partial charge in [0.1, 0.15) is 0 Å². The molecule has 0 unspecified atom stereocenters. The van der Waals surface area contributed by atoms with Gasteiger partial charge >= 0.3 is 0 Å². The third-order valence-electron chi connectivity index (χ3n) is 6.90. The first-order chi connectivity index (χ1) is 16.3. The average molecular weight is 423 g/mol. The molecule has 33 heavy (non-hydrogen) atoms. The van der Waals surface area contributed by atoms with Gasteiger partial charge in [-0.25, -0.2) is 0 Å². The Kier molecular flexibility index (Phi) is 3.80. The normalized spacial score (nSPS) is 15.0. The summed E-state index contributed by atoms with van der Waals surface area (Å²) in [5, 5.41) is 8.70. The van der Waals surface area contributed by atoms with Crippen molar-refractivity contribution in [3.63, 3.8) is 0 Å². The van der Waals surface area contributed by atoms with Gasteiger partial charge in [-0.2, -0.15) is 0 Å². The summed E-state index contributed by atoms with van der Waals surface area (Å²) in [6.07, 6.45) is 4.24. The standard InChI is InChI=1S/C31H22N2/c1-20-8-7-19-32-27-13-4-5-14-29(27)33(20)28-18-17-26-30-22-10-3-2-9-21(22)15-16-24(30)23-11-6-12-25(28)31(23)26/h2-18,32H,1,19H2/b8-7-. The lowest BCUT2D eigenvalue weighted by atomic mass is 9.96. The summed E-state index contributed by atoms with van der Waals surface area (Å²) < 4.78 is 0. The monoisotopic (exact) mass is 422 g/mol.